The molecular formula is C19H14Cl2N2O3. The Bertz CT molecular complexity index is 922. The fourth-order valence-corrected chi connectivity index (χ4v) is 2.53. The summed E-state index contributed by atoms with van der Waals surface area (Å²) < 4.78 is 5.16. The maximum absolute atomic E-state index is 12.3. The molecule has 0 aliphatic carbocycles. The Morgan fingerprint density at radius 3 is 2.19 bits per heavy atom. The zero-order chi connectivity index (χ0) is 18.5. The van der Waals surface area contributed by atoms with Crippen molar-refractivity contribution in [3.05, 3.63) is 87.8 Å². The second-order valence-corrected chi connectivity index (χ2v) is 6.24. The van der Waals surface area contributed by atoms with Crippen molar-refractivity contribution < 1.29 is 14.0 Å². The number of furan rings is 1. The minimum Gasteiger partial charge on any atom is -0.467 e. The van der Waals surface area contributed by atoms with Crippen LogP contribution in [0.2, 0.25) is 10.0 Å². The summed E-state index contributed by atoms with van der Waals surface area (Å²) in [6, 6.07) is 14.7. The van der Waals surface area contributed by atoms with Crippen molar-refractivity contribution in [2.45, 2.75) is 6.54 Å². The van der Waals surface area contributed by atoms with Gasteiger partial charge in [0.15, 0.2) is 0 Å². The number of halogens is 2. The van der Waals surface area contributed by atoms with Crippen LogP contribution < -0.4 is 10.6 Å². The van der Waals surface area contributed by atoms with E-state index >= 15 is 0 Å². The molecule has 3 aromatic rings. The summed E-state index contributed by atoms with van der Waals surface area (Å²) in [6.07, 6.45) is 1.54. The van der Waals surface area contributed by atoms with E-state index in [9.17, 15) is 9.59 Å². The number of nitrogens with one attached hydrogen (secondary N) is 2. The topological polar surface area (TPSA) is 71.3 Å². The Morgan fingerprint density at radius 1 is 0.885 bits per heavy atom. The third-order valence-corrected chi connectivity index (χ3v) is 4.33. The lowest BCUT2D eigenvalue weighted by atomic mass is 10.1. The first-order valence-corrected chi connectivity index (χ1v) is 8.45. The average molecular weight is 389 g/mol. The van der Waals surface area contributed by atoms with Crippen molar-refractivity contribution in [2.24, 2.45) is 0 Å². The standard InChI is InChI=1S/C19H14Cl2N2O3/c20-16-8-7-14(10-17(16)21)23-19(25)13-5-3-12(4-6-13)18(24)22-11-15-2-1-9-26-15/h1-10H,11H2,(H,22,24)(H,23,25). The molecule has 0 aliphatic heterocycles. The highest BCUT2D eigenvalue weighted by atomic mass is 35.5. The summed E-state index contributed by atoms with van der Waals surface area (Å²) in [6.45, 7) is 0.297. The highest BCUT2D eigenvalue weighted by molar-refractivity contribution is 6.42. The minimum atomic E-state index is -0.314. The summed E-state index contributed by atoms with van der Waals surface area (Å²) in [7, 11) is 0. The molecule has 0 saturated carbocycles. The van der Waals surface area contributed by atoms with Crippen LogP contribution in [-0.4, -0.2) is 11.8 Å². The van der Waals surface area contributed by atoms with Crippen LogP contribution in [0.25, 0.3) is 0 Å². The maximum atomic E-state index is 12.3. The predicted molar refractivity (Wildman–Crippen MR) is 101 cm³/mol. The number of rotatable bonds is 5. The van der Waals surface area contributed by atoms with Gasteiger partial charge in [-0.3, -0.25) is 9.59 Å². The molecule has 0 saturated heterocycles. The van der Waals surface area contributed by atoms with Crippen LogP contribution in [0.1, 0.15) is 26.5 Å². The molecule has 3 rings (SSSR count). The van der Waals surface area contributed by atoms with Gasteiger partial charge in [-0.25, -0.2) is 0 Å². The highest BCUT2D eigenvalue weighted by Crippen LogP contribution is 2.25. The molecule has 2 amide bonds. The van der Waals surface area contributed by atoms with Crippen molar-refractivity contribution in [1.29, 1.82) is 0 Å². The number of anilines is 1. The fraction of sp³-hybridized carbons (Fsp3) is 0.0526. The zero-order valence-electron chi connectivity index (χ0n) is 13.5. The lowest BCUT2D eigenvalue weighted by molar-refractivity contribution is 0.0946. The summed E-state index contributed by atoms with van der Waals surface area (Å²) in [5.41, 5.74) is 1.39. The van der Waals surface area contributed by atoms with Crippen LogP contribution in [0.15, 0.2) is 65.3 Å². The summed E-state index contributed by atoms with van der Waals surface area (Å²) >= 11 is 11.8. The molecule has 1 aromatic heterocycles. The molecule has 0 atom stereocenters. The molecule has 2 aromatic carbocycles. The summed E-state index contributed by atoms with van der Waals surface area (Å²) in [5, 5.41) is 6.23. The zero-order valence-corrected chi connectivity index (χ0v) is 15.0. The minimum absolute atomic E-state index is 0.252. The molecule has 0 bridgehead atoms. The number of hydrogen-bond donors (Lipinski definition) is 2. The van der Waals surface area contributed by atoms with Gasteiger partial charge in [-0.05, 0) is 54.6 Å². The lowest BCUT2D eigenvalue weighted by Crippen LogP contribution is -2.22. The van der Waals surface area contributed by atoms with Crippen LogP contribution >= 0.6 is 23.2 Å². The van der Waals surface area contributed by atoms with Gasteiger partial charge in [-0.15, -0.1) is 0 Å². The first-order chi connectivity index (χ1) is 12.5. The molecule has 0 fully saturated rings. The lowest BCUT2D eigenvalue weighted by Gasteiger charge is -2.07. The monoisotopic (exact) mass is 388 g/mol. The van der Waals surface area contributed by atoms with E-state index in [4.69, 9.17) is 27.6 Å². The van der Waals surface area contributed by atoms with Gasteiger partial charge in [0.1, 0.15) is 5.76 Å². The van der Waals surface area contributed by atoms with E-state index in [1.54, 1.807) is 60.9 Å². The van der Waals surface area contributed by atoms with Gasteiger partial charge >= 0.3 is 0 Å². The maximum Gasteiger partial charge on any atom is 0.255 e. The first-order valence-electron chi connectivity index (χ1n) is 7.70. The molecule has 7 heteroatoms. The van der Waals surface area contributed by atoms with Gasteiger partial charge in [0.2, 0.25) is 0 Å². The van der Waals surface area contributed by atoms with Gasteiger partial charge in [-0.2, -0.15) is 0 Å². The van der Waals surface area contributed by atoms with Crippen LogP contribution in [-0.2, 0) is 6.54 Å². The van der Waals surface area contributed by atoms with Crippen molar-refractivity contribution in [1.82, 2.24) is 5.32 Å². The highest BCUT2D eigenvalue weighted by Gasteiger charge is 2.10. The normalized spacial score (nSPS) is 10.4. The van der Waals surface area contributed by atoms with Crippen LogP contribution in [0.4, 0.5) is 5.69 Å². The number of hydrogen-bond acceptors (Lipinski definition) is 3. The second-order valence-electron chi connectivity index (χ2n) is 5.42. The molecular weight excluding hydrogens is 375 g/mol. The molecule has 132 valence electrons. The number of benzene rings is 2. The van der Waals surface area contributed by atoms with E-state index in [-0.39, 0.29) is 11.8 Å². The SMILES string of the molecule is O=C(NCc1ccco1)c1ccc(C(=O)Nc2ccc(Cl)c(Cl)c2)cc1. The fourth-order valence-electron chi connectivity index (χ4n) is 2.23. The third-order valence-electron chi connectivity index (χ3n) is 3.59. The average Bonchev–Trinajstić information content (AvgIpc) is 3.16. The van der Waals surface area contributed by atoms with Gasteiger partial charge in [0.25, 0.3) is 11.8 Å². The third kappa shape index (κ3) is 4.45. The molecule has 0 unspecified atom stereocenters. The molecule has 0 aliphatic rings. The van der Waals surface area contributed by atoms with Gasteiger partial charge in [-0.1, -0.05) is 23.2 Å². The number of carbonyl (C=O) groups excluding carboxylic acids is 2. The number of carbonyl (C=O) groups is 2. The van der Waals surface area contributed by atoms with E-state index in [0.717, 1.165) is 0 Å². The molecule has 5 nitrogen and oxygen atoms in total. The Morgan fingerprint density at radius 2 is 1.58 bits per heavy atom. The number of amides is 2. The Hall–Kier alpha value is -2.76. The summed E-state index contributed by atoms with van der Waals surface area (Å²) in [5.74, 6) is 0.0970. The van der Waals surface area contributed by atoms with Gasteiger partial charge in [0.05, 0.1) is 22.9 Å². The Labute approximate surface area is 159 Å². The van der Waals surface area contributed by atoms with E-state index in [2.05, 4.69) is 10.6 Å². The van der Waals surface area contributed by atoms with Crippen molar-refractivity contribution in [3.63, 3.8) is 0 Å². The van der Waals surface area contributed by atoms with Crippen molar-refractivity contribution >= 4 is 40.7 Å². The second kappa shape index (κ2) is 8.08. The van der Waals surface area contributed by atoms with E-state index in [1.807, 2.05) is 0 Å². The van der Waals surface area contributed by atoms with Crippen LogP contribution in [0.3, 0.4) is 0 Å². The predicted octanol–water partition coefficient (Wildman–Crippen LogP) is 4.77. The Kier molecular flexibility index (Phi) is 5.61. The first kappa shape index (κ1) is 18.0. The van der Waals surface area contributed by atoms with Crippen LogP contribution in [0.5, 0.6) is 0 Å². The molecule has 0 spiro atoms. The van der Waals surface area contributed by atoms with Gasteiger partial charge in [0, 0.05) is 16.8 Å². The molecule has 1 heterocycles. The largest absolute Gasteiger partial charge is 0.467 e. The van der Waals surface area contributed by atoms with E-state index < -0.39 is 0 Å². The van der Waals surface area contributed by atoms with E-state index in [1.165, 1.54) is 0 Å². The summed E-state index contributed by atoms with van der Waals surface area (Å²) in [4.78, 5) is 24.4. The quantitative estimate of drug-likeness (QED) is 0.661. The Balaban J connectivity index is 1.61. The van der Waals surface area contributed by atoms with Gasteiger partial charge < -0.3 is 15.1 Å². The van der Waals surface area contributed by atoms with Crippen molar-refractivity contribution in [2.75, 3.05) is 5.32 Å². The molecule has 2 N–H and O–H groups in total. The van der Waals surface area contributed by atoms with Crippen molar-refractivity contribution in [3.8, 4) is 0 Å². The van der Waals surface area contributed by atoms with E-state index in [0.29, 0.717) is 39.2 Å². The molecule has 0 radical (unpaired) electrons. The smallest absolute Gasteiger partial charge is 0.255 e. The van der Waals surface area contributed by atoms with Crippen LogP contribution in [0, 0.1) is 0 Å². The molecule has 26 heavy (non-hydrogen) atoms.